The van der Waals surface area contributed by atoms with Crippen LogP contribution in [-0.4, -0.2) is 39.4 Å². The molecule has 1 saturated heterocycles. The number of carboxylic acid groups (broad SMARTS) is 1. The number of nitrogens with zero attached hydrogens (tertiary/aromatic N) is 1. The minimum atomic E-state index is -1.03. The molecule has 0 atom stereocenters. The minimum Gasteiger partial charge on any atom is -0.482 e. The van der Waals surface area contributed by atoms with Gasteiger partial charge in [-0.2, -0.15) is 0 Å². The van der Waals surface area contributed by atoms with Gasteiger partial charge in [-0.15, -0.1) is 0 Å². The zero-order valence-corrected chi connectivity index (χ0v) is 16.0. The summed E-state index contributed by atoms with van der Waals surface area (Å²) < 4.78 is 5.66. The topological polar surface area (TPSA) is 66.8 Å². The maximum absolute atomic E-state index is 12.6. The van der Waals surface area contributed by atoms with Crippen molar-refractivity contribution < 1.29 is 19.4 Å². The normalized spacial score (nSPS) is 15.4. The van der Waals surface area contributed by atoms with Crippen molar-refractivity contribution in [3.63, 3.8) is 0 Å². The van der Waals surface area contributed by atoms with E-state index in [0.717, 1.165) is 17.5 Å². The van der Waals surface area contributed by atoms with Gasteiger partial charge in [-0.1, -0.05) is 66.4 Å². The molecule has 138 valence electrons. The lowest BCUT2D eigenvalue weighted by Crippen LogP contribution is -2.30. The molecule has 5 nitrogen and oxygen atoms in total. The van der Waals surface area contributed by atoms with E-state index in [0.29, 0.717) is 21.5 Å². The second kappa shape index (κ2) is 8.83. The first-order valence-corrected chi connectivity index (χ1v) is 9.49. The van der Waals surface area contributed by atoms with Crippen LogP contribution in [-0.2, 0) is 16.0 Å². The maximum Gasteiger partial charge on any atom is 0.341 e. The molecule has 0 saturated carbocycles. The van der Waals surface area contributed by atoms with Gasteiger partial charge in [0.05, 0.1) is 4.91 Å². The first-order valence-electron chi connectivity index (χ1n) is 8.27. The molecule has 2 aromatic rings. The highest BCUT2D eigenvalue weighted by molar-refractivity contribution is 8.26. The third-order valence-electron chi connectivity index (χ3n) is 3.88. The molecule has 1 heterocycles. The fraction of sp³-hybridized carbons (Fsp3) is 0.150. The maximum atomic E-state index is 12.6. The lowest BCUT2D eigenvalue weighted by molar-refractivity contribution is -0.139. The number of hydrogen-bond donors (Lipinski definition) is 1. The SMILES string of the molecule is O=C(O)COc1ccc(/C=C2/SC(=S)N(CCc3ccccc3)C2=O)cc1. The average molecular weight is 399 g/mol. The number of benzene rings is 2. The number of rotatable bonds is 7. The Morgan fingerprint density at radius 1 is 1.15 bits per heavy atom. The number of aliphatic carboxylic acids is 1. The van der Waals surface area contributed by atoms with E-state index in [9.17, 15) is 9.59 Å². The largest absolute Gasteiger partial charge is 0.482 e. The quantitative estimate of drug-likeness (QED) is 0.567. The van der Waals surface area contributed by atoms with Gasteiger partial charge in [0.1, 0.15) is 10.1 Å². The Labute approximate surface area is 166 Å². The van der Waals surface area contributed by atoms with Crippen molar-refractivity contribution in [3.8, 4) is 5.75 Å². The van der Waals surface area contributed by atoms with Crippen molar-refractivity contribution >= 4 is 46.3 Å². The molecule has 0 radical (unpaired) electrons. The molecule has 0 unspecified atom stereocenters. The molecular weight excluding hydrogens is 382 g/mol. The molecule has 1 aliphatic heterocycles. The van der Waals surface area contributed by atoms with E-state index in [1.54, 1.807) is 35.2 Å². The minimum absolute atomic E-state index is 0.0906. The van der Waals surface area contributed by atoms with Crippen molar-refractivity contribution in [2.75, 3.05) is 13.2 Å². The summed E-state index contributed by atoms with van der Waals surface area (Å²) in [5.74, 6) is -0.657. The number of carboxylic acids is 1. The Bertz CT molecular complexity index is 879. The standard InChI is InChI=1S/C20H17NO4S2/c22-18(23)13-25-16-8-6-15(7-9-16)12-17-19(24)21(20(26)27-17)11-10-14-4-2-1-3-5-14/h1-9,12H,10-11,13H2,(H,22,23)/b17-12+. The van der Waals surface area contributed by atoms with Gasteiger partial charge in [0.15, 0.2) is 6.61 Å². The Balaban J connectivity index is 1.64. The van der Waals surface area contributed by atoms with Gasteiger partial charge >= 0.3 is 5.97 Å². The van der Waals surface area contributed by atoms with Crippen molar-refractivity contribution in [2.24, 2.45) is 0 Å². The third-order valence-corrected chi connectivity index (χ3v) is 5.26. The molecule has 7 heteroatoms. The summed E-state index contributed by atoms with van der Waals surface area (Å²) in [5, 5.41) is 8.62. The summed E-state index contributed by atoms with van der Waals surface area (Å²) in [4.78, 5) is 25.4. The fourth-order valence-corrected chi connectivity index (χ4v) is 3.84. The molecule has 0 aromatic heterocycles. The highest BCUT2D eigenvalue weighted by Crippen LogP contribution is 2.32. The van der Waals surface area contributed by atoms with Crippen molar-refractivity contribution in [1.29, 1.82) is 0 Å². The fourth-order valence-electron chi connectivity index (χ4n) is 2.54. The first kappa shape index (κ1) is 19.1. The van der Waals surface area contributed by atoms with Crippen molar-refractivity contribution in [3.05, 3.63) is 70.6 Å². The number of hydrogen-bond acceptors (Lipinski definition) is 5. The lowest BCUT2D eigenvalue weighted by atomic mass is 10.1. The van der Waals surface area contributed by atoms with Gasteiger partial charge in [0.25, 0.3) is 5.91 Å². The number of amides is 1. The monoisotopic (exact) mass is 399 g/mol. The summed E-state index contributed by atoms with van der Waals surface area (Å²) in [6.07, 6.45) is 2.53. The summed E-state index contributed by atoms with van der Waals surface area (Å²) in [6.45, 7) is 0.160. The second-order valence-corrected chi connectivity index (χ2v) is 7.50. The van der Waals surface area contributed by atoms with Crippen LogP contribution in [0.15, 0.2) is 59.5 Å². The van der Waals surface area contributed by atoms with Crippen LogP contribution in [0.2, 0.25) is 0 Å². The number of thioether (sulfide) groups is 1. The van der Waals surface area contributed by atoms with Crippen LogP contribution < -0.4 is 4.74 Å². The molecule has 3 rings (SSSR count). The molecule has 2 aromatic carbocycles. The predicted octanol–water partition coefficient (Wildman–Crippen LogP) is 3.59. The second-order valence-electron chi connectivity index (χ2n) is 5.82. The molecule has 0 aliphatic carbocycles. The van der Waals surface area contributed by atoms with Crippen molar-refractivity contribution in [1.82, 2.24) is 4.90 Å². The zero-order chi connectivity index (χ0) is 19.2. The van der Waals surface area contributed by atoms with Crippen LogP contribution in [0, 0.1) is 0 Å². The molecule has 1 N–H and O–H groups in total. The van der Waals surface area contributed by atoms with Gasteiger partial charge in [0.2, 0.25) is 0 Å². The summed E-state index contributed by atoms with van der Waals surface area (Å²) >= 11 is 6.65. The highest BCUT2D eigenvalue weighted by atomic mass is 32.2. The molecule has 0 spiro atoms. The molecule has 1 amide bonds. The molecule has 1 aliphatic rings. The predicted molar refractivity (Wildman–Crippen MR) is 110 cm³/mol. The Morgan fingerprint density at radius 3 is 2.52 bits per heavy atom. The van der Waals surface area contributed by atoms with E-state index in [-0.39, 0.29) is 12.5 Å². The Morgan fingerprint density at radius 2 is 1.85 bits per heavy atom. The summed E-state index contributed by atoms with van der Waals surface area (Å²) in [5.41, 5.74) is 1.98. The third kappa shape index (κ3) is 5.18. The molecular formula is C20H17NO4S2. The molecule has 1 fully saturated rings. The number of carbonyl (C=O) groups is 2. The van der Waals surface area contributed by atoms with E-state index >= 15 is 0 Å². The van der Waals surface area contributed by atoms with E-state index in [1.807, 2.05) is 30.3 Å². The Kier molecular flexibility index (Phi) is 6.26. The van der Waals surface area contributed by atoms with E-state index in [2.05, 4.69) is 0 Å². The first-order chi connectivity index (χ1) is 13.0. The van der Waals surface area contributed by atoms with Gasteiger partial charge in [-0.05, 0) is 35.8 Å². The van der Waals surface area contributed by atoms with Crippen LogP contribution in [0.4, 0.5) is 0 Å². The number of carbonyl (C=O) groups excluding carboxylic acids is 1. The Hall–Kier alpha value is -2.64. The van der Waals surface area contributed by atoms with E-state index in [4.69, 9.17) is 22.1 Å². The molecule has 0 bridgehead atoms. The van der Waals surface area contributed by atoms with E-state index in [1.165, 1.54) is 11.8 Å². The van der Waals surface area contributed by atoms with Crippen LogP contribution in [0.1, 0.15) is 11.1 Å². The van der Waals surface area contributed by atoms with E-state index < -0.39 is 5.97 Å². The van der Waals surface area contributed by atoms with Crippen LogP contribution in [0.5, 0.6) is 5.75 Å². The van der Waals surface area contributed by atoms with Gasteiger partial charge in [-0.3, -0.25) is 9.69 Å². The van der Waals surface area contributed by atoms with Crippen LogP contribution >= 0.6 is 24.0 Å². The van der Waals surface area contributed by atoms with Gasteiger partial charge in [0, 0.05) is 6.54 Å². The molecule has 27 heavy (non-hydrogen) atoms. The summed E-state index contributed by atoms with van der Waals surface area (Å²) in [7, 11) is 0. The number of ether oxygens (including phenoxy) is 1. The zero-order valence-electron chi connectivity index (χ0n) is 14.3. The van der Waals surface area contributed by atoms with Gasteiger partial charge < -0.3 is 9.84 Å². The average Bonchev–Trinajstić information content (AvgIpc) is 2.93. The lowest BCUT2D eigenvalue weighted by Gasteiger charge is -2.14. The van der Waals surface area contributed by atoms with Crippen molar-refractivity contribution in [2.45, 2.75) is 6.42 Å². The smallest absolute Gasteiger partial charge is 0.341 e. The summed E-state index contributed by atoms with van der Waals surface area (Å²) in [6, 6.07) is 16.9. The van der Waals surface area contributed by atoms with Gasteiger partial charge in [-0.25, -0.2) is 4.79 Å². The highest BCUT2D eigenvalue weighted by Gasteiger charge is 2.31. The van der Waals surface area contributed by atoms with Crippen LogP contribution in [0.25, 0.3) is 6.08 Å². The van der Waals surface area contributed by atoms with Crippen LogP contribution in [0.3, 0.4) is 0 Å². The number of thiocarbonyl (C=S) groups is 1.